The number of rotatable bonds is 6. The summed E-state index contributed by atoms with van der Waals surface area (Å²) >= 11 is 11.2. The molecule has 0 aliphatic carbocycles. The van der Waals surface area contributed by atoms with Crippen molar-refractivity contribution < 1.29 is 5.11 Å². The van der Waals surface area contributed by atoms with Crippen molar-refractivity contribution in [3.8, 4) is 11.6 Å². The van der Waals surface area contributed by atoms with Crippen molar-refractivity contribution in [3.63, 3.8) is 0 Å². The molecular weight excluding hydrogens is 408 g/mol. The molecule has 6 nitrogen and oxygen atoms in total. The number of benzene rings is 2. The maximum atomic E-state index is 12.3. The zero-order chi connectivity index (χ0) is 21.0. The third kappa shape index (κ3) is 4.58. The predicted octanol–water partition coefficient (Wildman–Crippen LogP) is 4.85. The molecular formula is C21H21ClN4O2S. The number of aromatic amines is 1. The standard InChI is InChI=1S/C21H21ClN4O2S/c1-3-25(4-2)16-10-8-15(9-11-16)23-13-18-19(27)24-21(29)26(20(18)28)17-7-5-6-14(22)12-17/h5-13,28H,3-4H2,1-2H3,(H,24,27,29). The smallest absolute Gasteiger partial charge is 0.264 e. The van der Waals surface area contributed by atoms with Gasteiger partial charge in [0.1, 0.15) is 5.56 Å². The van der Waals surface area contributed by atoms with Crippen molar-refractivity contribution in [3.05, 3.63) is 74.2 Å². The molecule has 3 rings (SSSR count). The molecule has 2 N–H and O–H groups in total. The Morgan fingerprint density at radius 3 is 2.52 bits per heavy atom. The Bertz CT molecular complexity index is 1150. The number of aromatic nitrogens is 2. The number of aliphatic imine (C=N–C) groups is 1. The van der Waals surface area contributed by atoms with Crippen molar-refractivity contribution in [2.45, 2.75) is 13.8 Å². The van der Waals surface area contributed by atoms with Crippen LogP contribution < -0.4 is 10.5 Å². The first-order valence-electron chi connectivity index (χ1n) is 9.18. The average Bonchev–Trinajstić information content (AvgIpc) is 2.69. The first-order chi connectivity index (χ1) is 13.9. The third-order valence-electron chi connectivity index (χ3n) is 4.51. The number of nitrogens with zero attached hydrogens (tertiary/aromatic N) is 3. The molecule has 0 saturated heterocycles. The fourth-order valence-electron chi connectivity index (χ4n) is 2.99. The second kappa shape index (κ2) is 9.07. The molecule has 0 radical (unpaired) electrons. The van der Waals surface area contributed by atoms with Crippen LogP contribution in [0.15, 0.2) is 58.3 Å². The van der Waals surface area contributed by atoms with Gasteiger partial charge in [-0.05, 0) is 68.5 Å². The van der Waals surface area contributed by atoms with E-state index in [0.29, 0.717) is 16.4 Å². The summed E-state index contributed by atoms with van der Waals surface area (Å²) in [6.07, 6.45) is 1.33. The number of hydrogen-bond acceptors (Lipinski definition) is 5. The number of anilines is 1. The summed E-state index contributed by atoms with van der Waals surface area (Å²) < 4.78 is 1.41. The lowest BCUT2D eigenvalue weighted by molar-refractivity contribution is 0.432. The molecule has 150 valence electrons. The molecule has 0 spiro atoms. The summed E-state index contributed by atoms with van der Waals surface area (Å²) in [6, 6.07) is 14.5. The molecule has 0 atom stereocenters. The van der Waals surface area contributed by atoms with Crippen LogP contribution in [0.3, 0.4) is 0 Å². The predicted molar refractivity (Wildman–Crippen MR) is 121 cm³/mol. The van der Waals surface area contributed by atoms with Gasteiger partial charge in [0.05, 0.1) is 11.4 Å². The quantitative estimate of drug-likeness (QED) is 0.434. The van der Waals surface area contributed by atoms with Gasteiger partial charge in [0.15, 0.2) is 4.77 Å². The number of halogens is 1. The Hall–Kier alpha value is -2.90. The first kappa shape index (κ1) is 20.8. The lowest BCUT2D eigenvalue weighted by atomic mass is 10.2. The molecule has 2 aromatic carbocycles. The topological polar surface area (TPSA) is 73.6 Å². The van der Waals surface area contributed by atoms with Gasteiger partial charge in [0.2, 0.25) is 5.88 Å². The van der Waals surface area contributed by atoms with Crippen LogP contribution in [0.2, 0.25) is 5.02 Å². The lowest BCUT2D eigenvalue weighted by Crippen LogP contribution is -2.21. The Morgan fingerprint density at radius 2 is 1.90 bits per heavy atom. The highest BCUT2D eigenvalue weighted by atomic mass is 35.5. The van der Waals surface area contributed by atoms with Crippen molar-refractivity contribution in [1.82, 2.24) is 9.55 Å². The van der Waals surface area contributed by atoms with Crippen molar-refractivity contribution >= 4 is 41.4 Å². The maximum absolute atomic E-state index is 12.3. The van der Waals surface area contributed by atoms with Crippen LogP contribution in [0.4, 0.5) is 11.4 Å². The van der Waals surface area contributed by atoms with Crippen LogP contribution in [0.5, 0.6) is 5.88 Å². The summed E-state index contributed by atoms with van der Waals surface area (Å²) in [5, 5.41) is 11.2. The van der Waals surface area contributed by atoms with Crippen molar-refractivity contribution in [1.29, 1.82) is 0 Å². The molecule has 3 aromatic rings. The van der Waals surface area contributed by atoms with E-state index in [9.17, 15) is 9.90 Å². The minimum Gasteiger partial charge on any atom is -0.494 e. The van der Waals surface area contributed by atoms with Crippen molar-refractivity contribution in [2.24, 2.45) is 4.99 Å². The fraction of sp³-hybridized carbons (Fsp3) is 0.190. The van der Waals surface area contributed by atoms with Gasteiger partial charge >= 0.3 is 0 Å². The lowest BCUT2D eigenvalue weighted by Gasteiger charge is -2.20. The largest absolute Gasteiger partial charge is 0.494 e. The fourth-order valence-corrected chi connectivity index (χ4v) is 3.46. The van der Waals surface area contributed by atoms with E-state index < -0.39 is 5.56 Å². The molecule has 0 saturated carbocycles. The molecule has 8 heteroatoms. The van der Waals surface area contributed by atoms with Gasteiger partial charge in [-0.15, -0.1) is 0 Å². The summed E-state index contributed by atoms with van der Waals surface area (Å²) in [5.74, 6) is -0.301. The average molecular weight is 429 g/mol. The molecule has 0 aliphatic rings. The molecule has 29 heavy (non-hydrogen) atoms. The molecule has 0 bridgehead atoms. The Labute approximate surface area is 178 Å². The minimum atomic E-state index is -0.519. The highest BCUT2D eigenvalue weighted by molar-refractivity contribution is 7.71. The maximum Gasteiger partial charge on any atom is 0.264 e. The molecule has 0 unspecified atom stereocenters. The first-order valence-corrected chi connectivity index (χ1v) is 9.96. The van der Waals surface area contributed by atoms with Crippen LogP contribution in [0, 0.1) is 4.77 Å². The van der Waals surface area contributed by atoms with Crippen LogP contribution >= 0.6 is 23.8 Å². The van der Waals surface area contributed by atoms with Gasteiger partial charge in [-0.25, -0.2) is 0 Å². The van der Waals surface area contributed by atoms with Crippen LogP contribution in [-0.2, 0) is 0 Å². The summed E-state index contributed by atoms with van der Waals surface area (Å²) in [5.41, 5.74) is 1.79. The third-order valence-corrected chi connectivity index (χ3v) is 5.03. The molecule has 0 aliphatic heterocycles. The second-order valence-electron chi connectivity index (χ2n) is 6.26. The van der Waals surface area contributed by atoms with E-state index in [1.165, 1.54) is 10.8 Å². The van der Waals surface area contributed by atoms with Crippen LogP contribution in [0.25, 0.3) is 5.69 Å². The van der Waals surface area contributed by atoms with E-state index in [4.69, 9.17) is 23.8 Å². The van der Waals surface area contributed by atoms with Crippen LogP contribution in [-0.4, -0.2) is 34.0 Å². The van der Waals surface area contributed by atoms with Crippen LogP contribution in [0.1, 0.15) is 19.4 Å². The number of nitrogens with one attached hydrogen (secondary N) is 1. The zero-order valence-corrected chi connectivity index (χ0v) is 17.7. The van der Waals surface area contributed by atoms with Crippen molar-refractivity contribution in [2.75, 3.05) is 18.0 Å². The van der Waals surface area contributed by atoms with Gasteiger partial charge in [-0.1, -0.05) is 17.7 Å². The highest BCUT2D eigenvalue weighted by Gasteiger charge is 2.13. The summed E-state index contributed by atoms with van der Waals surface area (Å²) in [4.78, 5) is 21.5. The van der Waals surface area contributed by atoms with E-state index in [1.807, 2.05) is 24.3 Å². The Morgan fingerprint density at radius 1 is 1.21 bits per heavy atom. The second-order valence-corrected chi connectivity index (χ2v) is 7.08. The highest BCUT2D eigenvalue weighted by Crippen LogP contribution is 2.23. The molecule has 1 aromatic heterocycles. The van der Waals surface area contributed by atoms with Gasteiger partial charge in [0.25, 0.3) is 5.56 Å². The normalized spacial score (nSPS) is 11.1. The van der Waals surface area contributed by atoms with Gasteiger partial charge < -0.3 is 10.0 Å². The Kier molecular flexibility index (Phi) is 6.51. The summed E-state index contributed by atoms with van der Waals surface area (Å²) in [6.45, 7) is 6.03. The van der Waals surface area contributed by atoms with Gasteiger partial charge in [0, 0.05) is 30.0 Å². The Balaban J connectivity index is 1.98. The number of H-pyrrole nitrogens is 1. The van der Waals surface area contributed by atoms with E-state index in [2.05, 4.69) is 28.7 Å². The van der Waals surface area contributed by atoms with Gasteiger partial charge in [-0.3, -0.25) is 19.3 Å². The number of aromatic hydroxyl groups is 1. The monoisotopic (exact) mass is 428 g/mol. The SMILES string of the molecule is CCN(CC)c1ccc(N=Cc2c(O)n(-c3cccc(Cl)c3)c(=S)[nH]c2=O)cc1. The van der Waals surface area contributed by atoms with E-state index >= 15 is 0 Å². The molecule has 0 fully saturated rings. The zero-order valence-electron chi connectivity index (χ0n) is 16.1. The summed E-state index contributed by atoms with van der Waals surface area (Å²) in [7, 11) is 0. The minimum absolute atomic E-state index is 0.00592. The number of hydrogen-bond donors (Lipinski definition) is 2. The molecule has 1 heterocycles. The molecule has 0 amide bonds. The van der Waals surface area contributed by atoms with E-state index in [0.717, 1.165) is 18.8 Å². The van der Waals surface area contributed by atoms with E-state index in [-0.39, 0.29) is 16.2 Å². The van der Waals surface area contributed by atoms with Gasteiger partial charge in [-0.2, -0.15) is 0 Å². The van der Waals surface area contributed by atoms with E-state index in [1.54, 1.807) is 24.3 Å².